The molecule has 0 saturated carbocycles. The maximum absolute atomic E-state index is 9.99. The van der Waals surface area contributed by atoms with Crippen molar-refractivity contribution in [3.8, 4) is 0 Å². The molecule has 0 spiro atoms. The summed E-state index contributed by atoms with van der Waals surface area (Å²) in [6.45, 7) is -3.54. The molecule has 0 saturated heterocycles. The molecule has 0 aromatic heterocycles. The molecule has 0 rings (SSSR count). The van der Waals surface area contributed by atoms with Gasteiger partial charge in [0, 0.05) is 12.3 Å². The van der Waals surface area contributed by atoms with Crippen molar-refractivity contribution < 1.29 is 43.9 Å². The van der Waals surface area contributed by atoms with E-state index in [9.17, 15) is 4.57 Å². The van der Waals surface area contributed by atoms with Gasteiger partial charge in [-0.25, -0.2) is 4.57 Å². The first kappa shape index (κ1) is 13.1. The van der Waals surface area contributed by atoms with Gasteiger partial charge in [-0.1, -0.05) is 0 Å². The first-order valence-electron chi connectivity index (χ1n) is 1.96. The minimum Gasteiger partial charge on any atom is -0.330 e. The Kier molecular flexibility index (Phi) is 8.99. The third-order valence-electron chi connectivity index (χ3n) is 0.377. The smallest absolute Gasteiger partial charge is 0.330 e. The van der Waals surface area contributed by atoms with Gasteiger partial charge in [0.2, 0.25) is 0 Å². The van der Waals surface area contributed by atoms with Crippen molar-refractivity contribution in [2.45, 2.75) is 0 Å². The molecule has 9 heavy (non-hydrogen) atoms. The molecule has 4 N–H and O–H groups in total. The average molecular weight is 180 g/mol. The second kappa shape index (κ2) is 6.19. The van der Waals surface area contributed by atoms with E-state index >= 15 is 0 Å². The van der Waals surface area contributed by atoms with Gasteiger partial charge in [0.15, 0.2) is 0 Å². The molecule has 0 radical (unpaired) electrons. The van der Waals surface area contributed by atoms with Gasteiger partial charge < -0.3 is 15.5 Å². The van der Waals surface area contributed by atoms with Crippen LogP contribution in [0.25, 0.3) is 0 Å². The summed E-state index contributed by atoms with van der Waals surface area (Å²) < 4.78 is 9.99. The van der Waals surface area contributed by atoms with Crippen LogP contribution in [0.2, 0.25) is 0 Å². The molecule has 0 heterocycles. The Morgan fingerprint density at radius 2 is 2.00 bits per heavy atom. The maximum atomic E-state index is 9.99. The molecule has 0 unspecified atom stereocenters. The van der Waals surface area contributed by atoms with Crippen LogP contribution in [0.4, 0.5) is 0 Å². The zero-order chi connectivity index (χ0) is 6.62. The van der Waals surface area contributed by atoms with Crippen molar-refractivity contribution in [2.24, 2.45) is 5.73 Å². The van der Waals surface area contributed by atoms with Crippen LogP contribution in [0.3, 0.4) is 0 Å². The molecule has 0 aromatic rings. The summed E-state index contributed by atoms with van der Waals surface area (Å²) in [5, 5.41) is 0. The molecule has 0 fully saturated rings. The van der Waals surface area contributed by atoms with Crippen LogP contribution in [0.1, 0.15) is 0 Å². The molecule has 0 aliphatic rings. The van der Waals surface area contributed by atoms with Crippen LogP contribution in [-0.2, 0) is 4.57 Å². The largest absolute Gasteiger partial charge is 1.00 e. The van der Waals surface area contributed by atoms with E-state index in [0.717, 1.165) is 0 Å². The quantitative estimate of drug-likeness (QED) is 0.314. The average Bonchev–Trinajstić information content (AvgIpc) is 1.59. The zero-order valence-electron chi connectivity index (χ0n) is 5.15. The summed E-state index contributed by atoms with van der Waals surface area (Å²) in [6.07, 6.45) is 0. The van der Waals surface area contributed by atoms with Crippen molar-refractivity contribution >= 4 is 18.2 Å². The summed E-state index contributed by atoms with van der Waals surface area (Å²) >= 11 is 0.575. The Morgan fingerprint density at radius 1 is 1.56 bits per heavy atom. The van der Waals surface area contributed by atoms with Crippen molar-refractivity contribution in [1.29, 1.82) is 0 Å². The zero-order valence-corrected chi connectivity index (χ0v) is 8.86. The third kappa shape index (κ3) is 12.6. The van der Waals surface area contributed by atoms with E-state index in [2.05, 4.69) is 0 Å². The van der Waals surface area contributed by atoms with E-state index in [0.29, 0.717) is 23.7 Å². The van der Waals surface area contributed by atoms with Gasteiger partial charge in [-0.15, -0.1) is 0 Å². The summed E-state index contributed by atoms with van der Waals surface area (Å²) in [7, 11) is 0. The number of hydrogen-bond donors (Lipinski definition) is 3. The molecular formula is C2H8NNaO3PS+. The molecular weight excluding hydrogens is 172 g/mol. The number of hydrogen-bond acceptors (Lipinski definition) is 3. The second-order valence-corrected chi connectivity index (χ2v) is 4.96. The van der Waals surface area contributed by atoms with Crippen LogP contribution in [0, 0.1) is 0 Å². The van der Waals surface area contributed by atoms with E-state index < -0.39 is 6.80 Å². The maximum Gasteiger partial charge on any atom is 1.00 e. The predicted molar refractivity (Wildman–Crippen MR) is 33.6 cm³/mol. The molecule has 0 aromatic carbocycles. The van der Waals surface area contributed by atoms with Crippen molar-refractivity contribution in [2.75, 3.05) is 12.3 Å². The SMILES string of the molecule is NCCSP(=O)(O)O.[Na+]. The van der Waals surface area contributed by atoms with Crippen LogP contribution in [-0.4, -0.2) is 22.1 Å². The molecule has 0 aliphatic heterocycles. The molecule has 50 valence electrons. The fourth-order valence-electron chi connectivity index (χ4n) is 0.172. The third-order valence-corrected chi connectivity index (χ3v) is 2.69. The Morgan fingerprint density at radius 3 is 2.11 bits per heavy atom. The minimum atomic E-state index is -3.85. The first-order chi connectivity index (χ1) is 3.56. The van der Waals surface area contributed by atoms with Gasteiger partial charge in [0.05, 0.1) is 0 Å². The first-order valence-corrected chi connectivity index (χ1v) is 5.17. The monoisotopic (exact) mass is 180 g/mol. The fourth-order valence-corrected chi connectivity index (χ4v) is 1.54. The van der Waals surface area contributed by atoms with E-state index in [1.165, 1.54) is 0 Å². The van der Waals surface area contributed by atoms with Gasteiger partial charge in [0.25, 0.3) is 0 Å². The van der Waals surface area contributed by atoms with Crippen LogP contribution >= 0.6 is 18.2 Å². The van der Waals surface area contributed by atoms with Gasteiger partial charge in [-0.05, 0) is 11.4 Å². The topological polar surface area (TPSA) is 83.6 Å². The number of rotatable bonds is 3. The Hall–Kier alpha value is 1.46. The van der Waals surface area contributed by atoms with Crippen LogP contribution in [0.15, 0.2) is 0 Å². The molecule has 7 heteroatoms. The Bertz CT molecular complexity index is 106. The summed E-state index contributed by atoms with van der Waals surface area (Å²) in [4.78, 5) is 16.3. The van der Waals surface area contributed by atoms with Crippen LogP contribution in [0.5, 0.6) is 0 Å². The van der Waals surface area contributed by atoms with Crippen molar-refractivity contribution in [3.63, 3.8) is 0 Å². The second-order valence-electron chi connectivity index (χ2n) is 1.11. The fraction of sp³-hybridized carbons (Fsp3) is 1.00. The summed E-state index contributed by atoms with van der Waals surface area (Å²) in [5.41, 5.74) is 4.97. The van der Waals surface area contributed by atoms with Gasteiger partial charge in [-0.3, -0.25) is 0 Å². The van der Waals surface area contributed by atoms with Crippen molar-refractivity contribution in [1.82, 2.24) is 0 Å². The molecule has 0 amide bonds. The molecule has 0 atom stereocenters. The predicted octanol–water partition coefficient (Wildman–Crippen LogP) is -3.22. The molecule has 4 nitrogen and oxygen atoms in total. The normalized spacial score (nSPS) is 10.6. The number of nitrogens with two attached hydrogens (primary N) is 1. The van der Waals surface area contributed by atoms with Gasteiger partial charge in [0.1, 0.15) is 0 Å². The molecule has 0 aliphatic carbocycles. The van der Waals surface area contributed by atoms with E-state index in [1.54, 1.807) is 0 Å². The Balaban J connectivity index is 0. The van der Waals surface area contributed by atoms with Crippen molar-refractivity contribution in [3.05, 3.63) is 0 Å². The molecule has 0 bridgehead atoms. The summed E-state index contributed by atoms with van der Waals surface area (Å²) in [5.74, 6) is 0.310. The van der Waals surface area contributed by atoms with E-state index in [-0.39, 0.29) is 29.6 Å². The minimum absolute atomic E-state index is 0. The summed E-state index contributed by atoms with van der Waals surface area (Å²) in [6, 6.07) is 0. The van der Waals surface area contributed by atoms with E-state index in [4.69, 9.17) is 15.5 Å². The van der Waals surface area contributed by atoms with Crippen LogP contribution < -0.4 is 35.3 Å². The Labute approximate surface area is 79.8 Å². The van der Waals surface area contributed by atoms with E-state index in [1.807, 2.05) is 0 Å². The van der Waals surface area contributed by atoms with Gasteiger partial charge in [-0.2, -0.15) is 0 Å². The standard InChI is InChI=1S/C2H8NO3PS.Na/c3-1-2-8-7(4,5)6;/h1-3H2,(H2,4,5,6);/q;+1. The van der Waals surface area contributed by atoms with Gasteiger partial charge >= 0.3 is 36.4 Å².